The van der Waals surface area contributed by atoms with Gasteiger partial charge in [-0.15, -0.1) is 0 Å². The van der Waals surface area contributed by atoms with E-state index in [4.69, 9.17) is 10.9 Å². The molecule has 0 heterocycles. The second kappa shape index (κ2) is 5.88. The summed E-state index contributed by atoms with van der Waals surface area (Å²) in [6.07, 6.45) is 5.32. The van der Waals surface area contributed by atoms with Crippen molar-refractivity contribution in [3.63, 3.8) is 0 Å². The Labute approximate surface area is 109 Å². The zero-order valence-corrected chi connectivity index (χ0v) is 11.8. The van der Waals surface area contributed by atoms with Crippen LogP contribution in [0.25, 0.3) is 0 Å². The van der Waals surface area contributed by atoms with Gasteiger partial charge < -0.3 is 10.9 Å². The minimum Gasteiger partial charge on any atom is -0.409 e. The second-order valence-electron chi connectivity index (χ2n) is 5.50. The molecule has 1 fully saturated rings. The molecule has 1 aliphatic rings. The summed E-state index contributed by atoms with van der Waals surface area (Å²) in [5.41, 5.74) is 4.40. The van der Waals surface area contributed by atoms with Crippen molar-refractivity contribution < 1.29 is 13.6 Å². The Morgan fingerprint density at radius 3 is 2.44 bits per heavy atom. The first-order valence-electron chi connectivity index (χ1n) is 6.26. The number of sulfonamides is 1. The number of hydrogen-bond acceptors (Lipinski definition) is 4. The highest BCUT2D eigenvalue weighted by Crippen LogP contribution is 2.25. The fourth-order valence-electron chi connectivity index (χ4n) is 2.27. The molecule has 18 heavy (non-hydrogen) atoms. The molecule has 0 atom stereocenters. The van der Waals surface area contributed by atoms with Gasteiger partial charge in [0.2, 0.25) is 10.0 Å². The highest BCUT2D eigenvalue weighted by Gasteiger charge is 2.31. The zero-order valence-electron chi connectivity index (χ0n) is 11.0. The Morgan fingerprint density at radius 2 is 1.94 bits per heavy atom. The lowest BCUT2D eigenvalue weighted by Crippen LogP contribution is -2.54. The van der Waals surface area contributed by atoms with E-state index < -0.39 is 15.6 Å². The standard InChI is InChI=1S/C11H23N3O3S/c1-11(2,10(12)13-15)14-18(16,17)8-9-6-4-3-5-7-9/h9,14-15H,3-8H2,1-2H3,(H2,12,13). The van der Waals surface area contributed by atoms with Crippen LogP contribution in [0.3, 0.4) is 0 Å². The maximum atomic E-state index is 12.0. The summed E-state index contributed by atoms with van der Waals surface area (Å²) in [7, 11) is -3.42. The lowest BCUT2D eigenvalue weighted by molar-refractivity contribution is 0.312. The molecule has 106 valence electrons. The van der Waals surface area contributed by atoms with Crippen LogP contribution < -0.4 is 10.5 Å². The summed E-state index contributed by atoms with van der Waals surface area (Å²) < 4.78 is 26.5. The molecule has 0 amide bonds. The first kappa shape index (κ1) is 15.2. The van der Waals surface area contributed by atoms with Gasteiger partial charge in [0, 0.05) is 0 Å². The molecule has 0 aromatic carbocycles. The van der Waals surface area contributed by atoms with Gasteiger partial charge in [-0.3, -0.25) is 0 Å². The summed E-state index contributed by atoms with van der Waals surface area (Å²) in [6.45, 7) is 3.14. The molecule has 7 heteroatoms. The van der Waals surface area contributed by atoms with Crippen molar-refractivity contribution in [1.82, 2.24) is 4.72 Å². The Hall–Kier alpha value is -0.820. The van der Waals surface area contributed by atoms with Crippen LogP contribution in [0.4, 0.5) is 0 Å². The topological polar surface area (TPSA) is 105 Å². The maximum Gasteiger partial charge on any atom is 0.212 e. The normalized spacial score (nSPS) is 20.0. The third-order valence-corrected chi connectivity index (χ3v) is 5.07. The molecule has 0 saturated heterocycles. The van der Waals surface area contributed by atoms with Crippen molar-refractivity contribution in [2.75, 3.05) is 5.75 Å². The molecular weight excluding hydrogens is 254 g/mol. The highest BCUT2D eigenvalue weighted by atomic mass is 32.2. The van der Waals surface area contributed by atoms with Crippen LogP contribution in [0.15, 0.2) is 5.16 Å². The van der Waals surface area contributed by atoms with Gasteiger partial charge in [-0.05, 0) is 32.6 Å². The van der Waals surface area contributed by atoms with Crippen LogP contribution in [-0.2, 0) is 10.0 Å². The summed E-state index contributed by atoms with van der Waals surface area (Å²) in [4.78, 5) is 0. The van der Waals surface area contributed by atoms with E-state index in [2.05, 4.69) is 9.88 Å². The molecule has 0 spiro atoms. The van der Waals surface area contributed by atoms with E-state index in [1.165, 1.54) is 6.42 Å². The molecule has 4 N–H and O–H groups in total. The number of amidine groups is 1. The van der Waals surface area contributed by atoms with E-state index in [-0.39, 0.29) is 17.5 Å². The summed E-state index contributed by atoms with van der Waals surface area (Å²) in [5, 5.41) is 11.5. The van der Waals surface area contributed by atoms with Crippen LogP contribution in [0.2, 0.25) is 0 Å². The van der Waals surface area contributed by atoms with Crippen LogP contribution >= 0.6 is 0 Å². The van der Waals surface area contributed by atoms with Crippen LogP contribution in [0, 0.1) is 5.92 Å². The van der Waals surface area contributed by atoms with Crippen LogP contribution in [0.5, 0.6) is 0 Å². The van der Waals surface area contributed by atoms with E-state index >= 15 is 0 Å². The van der Waals surface area contributed by atoms with Crippen molar-refractivity contribution in [1.29, 1.82) is 0 Å². The van der Waals surface area contributed by atoms with Gasteiger partial charge in [-0.2, -0.15) is 0 Å². The van der Waals surface area contributed by atoms with E-state index in [9.17, 15) is 8.42 Å². The SMILES string of the molecule is CC(C)(NS(=O)(=O)CC1CCCCC1)C(N)=NO. The van der Waals surface area contributed by atoms with E-state index in [0.717, 1.165) is 25.7 Å². The molecule has 0 aromatic rings. The van der Waals surface area contributed by atoms with Crippen molar-refractivity contribution in [3.8, 4) is 0 Å². The van der Waals surface area contributed by atoms with Crippen molar-refractivity contribution in [2.45, 2.75) is 51.5 Å². The van der Waals surface area contributed by atoms with E-state index in [0.29, 0.717) is 0 Å². The van der Waals surface area contributed by atoms with Gasteiger partial charge in [0.15, 0.2) is 5.84 Å². The largest absolute Gasteiger partial charge is 0.409 e. The summed E-state index contributed by atoms with van der Waals surface area (Å²) in [6, 6.07) is 0. The second-order valence-corrected chi connectivity index (χ2v) is 7.26. The van der Waals surface area contributed by atoms with Gasteiger partial charge in [-0.1, -0.05) is 24.4 Å². The quantitative estimate of drug-likeness (QED) is 0.302. The maximum absolute atomic E-state index is 12.0. The molecule has 1 saturated carbocycles. The van der Waals surface area contributed by atoms with Gasteiger partial charge >= 0.3 is 0 Å². The van der Waals surface area contributed by atoms with Crippen molar-refractivity contribution >= 4 is 15.9 Å². The lowest BCUT2D eigenvalue weighted by Gasteiger charge is -2.27. The third kappa shape index (κ3) is 4.45. The minimum atomic E-state index is -3.42. The zero-order chi connectivity index (χ0) is 13.8. The number of rotatable bonds is 5. The number of hydrogen-bond donors (Lipinski definition) is 3. The van der Waals surface area contributed by atoms with Gasteiger partial charge in [0.05, 0.1) is 11.3 Å². The Kier molecular flexibility index (Phi) is 4.98. The monoisotopic (exact) mass is 277 g/mol. The lowest BCUT2D eigenvalue weighted by atomic mass is 9.91. The van der Waals surface area contributed by atoms with E-state index in [1.54, 1.807) is 13.8 Å². The Balaban J connectivity index is 2.64. The predicted octanol–water partition coefficient (Wildman–Crippen LogP) is 1.01. The van der Waals surface area contributed by atoms with Gasteiger partial charge in [-0.25, -0.2) is 13.1 Å². The molecule has 0 aliphatic heterocycles. The molecule has 6 nitrogen and oxygen atoms in total. The minimum absolute atomic E-state index is 0.120. The summed E-state index contributed by atoms with van der Waals surface area (Å²) >= 11 is 0. The fraction of sp³-hybridized carbons (Fsp3) is 0.909. The van der Waals surface area contributed by atoms with Gasteiger partial charge in [0.25, 0.3) is 0 Å². The molecule has 1 rings (SSSR count). The molecule has 0 bridgehead atoms. The molecule has 0 unspecified atom stereocenters. The van der Waals surface area contributed by atoms with Gasteiger partial charge in [0.1, 0.15) is 0 Å². The first-order valence-corrected chi connectivity index (χ1v) is 7.92. The smallest absolute Gasteiger partial charge is 0.212 e. The van der Waals surface area contributed by atoms with Crippen LogP contribution in [-0.4, -0.2) is 30.8 Å². The predicted molar refractivity (Wildman–Crippen MR) is 71.0 cm³/mol. The summed E-state index contributed by atoms with van der Waals surface area (Å²) in [5.74, 6) is 0.198. The highest BCUT2D eigenvalue weighted by molar-refractivity contribution is 7.89. The molecule has 0 aromatic heterocycles. The van der Waals surface area contributed by atoms with Crippen molar-refractivity contribution in [3.05, 3.63) is 0 Å². The number of nitrogens with zero attached hydrogens (tertiary/aromatic N) is 1. The van der Waals surface area contributed by atoms with Crippen molar-refractivity contribution in [2.24, 2.45) is 16.8 Å². The Morgan fingerprint density at radius 1 is 1.39 bits per heavy atom. The Bertz CT molecular complexity index is 398. The van der Waals surface area contributed by atoms with Crippen LogP contribution in [0.1, 0.15) is 46.0 Å². The molecule has 1 aliphatic carbocycles. The molecule has 0 radical (unpaired) electrons. The number of nitrogens with two attached hydrogens (primary N) is 1. The number of oxime groups is 1. The fourth-order valence-corrected chi connectivity index (χ4v) is 4.19. The average Bonchev–Trinajstić information content (AvgIpc) is 2.27. The number of nitrogens with one attached hydrogen (secondary N) is 1. The average molecular weight is 277 g/mol. The first-order chi connectivity index (χ1) is 8.27. The van der Waals surface area contributed by atoms with E-state index in [1.807, 2.05) is 0 Å². The molecular formula is C11H23N3O3S. The third-order valence-electron chi connectivity index (χ3n) is 3.34.